The van der Waals surface area contributed by atoms with Gasteiger partial charge in [0.05, 0.1) is 21.9 Å². The Morgan fingerprint density at radius 1 is 1.09 bits per heavy atom. The van der Waals surface area contributed by atoms with Gasteiger partial charge in [-0.05, 0) is 85.9 Å². The first-order valence-corrected chi connectivity index (χ1v) is 15.1. The maximum absolute atomic E-state index is 15.3. The summed E-state index contributed by atoms with van der Waals surface area (Å²) in [4.78, 5) is 45.4. The van der Waals surface area contributed by atoms with Gasteiger partial charge in [-0.25, -0.2) is 4.39 Å². The summed E-state index contributed by atoms with van der Waals surface area (Å²) in [6, 6.07) is 13.5. The number of pyridine rings is 1. The third-order valence-electron chi connectivity index (χ3n) is 9.64. The van der Waals surface area contributed by atoms with Crippen molar-refractivity contribution in [1.82, 2.24) is 9.88 Å². The van der Waals surface area contributed by atoms with Crippen molar-refractivity contribution >= 4 is 46.3 Å². The summed E-state index contributed by atoms with van der Waals surface area (Å²) in [6.45, 7) is 0.133. The molecule has 232 valence electrons. The van der Waals surface area contributed by atoms with Gasteiger partial charge in [0.25, 0.3) is 0 Å². The number of hydrogen-bond acceptors (Lipinski definition) is 4. The van der Waals surface area contributed by atoms with Gasteiger partial charge in [-0.1, -0.05) is 29.8 Å². The standard InChI is InChI=1S/C33H27ClF4N4O3/c34-22-5-6-24(41-30(45)33(36,37)38)27(28(22)35)19-9-14-42(26(43)16-19)32-17-20(32)7-10-31(11-12-31)29(44)40-23-4-2-1-3-21(23)18-8-13-39-25(32)15-18/h1-6,8,13,15-16,20H,7,9-12,14,17H2,(H,40,44)(H,41,45). The molecular weight excluding hydrogens is 612 g/mol. The Kier molecular flexibility index (Phi) is 6.81. The lowest BCUT2D eigenvalue weighted by atomic mass is 9.91. The quantitative estimate of drug-likeness (QED) is 0.300. The summed E-state index contributed by atoms with van der Waals surface area (Å²) in [5.41, 5.74) is 1.18. The SMILES string of the molecule is O=C1C=C(c2c(NC(=O)C(F)(F)F)ccc(Cl)c2F)CCN1C12CC1CCC1(CC1)C(=O)Nc1ccccc1-c1ccnc2c1. The van der Waals surface area contributed by atoms with Crippen LogP contribution in [0.4, 0.5) is 28.9 Å². The average Bonchev–Trinajstić information content (AvgIpc) is 3.93. The van der Waals surface area contributed by atoms with Crippen LogP contribution >= 0.6 is 11.6 Å². The van der Waals surface area contributed by atoms with E-state index in [1.54, 1.807) is 16.4 Å². The van der Waals surface area contributed by atoms with E-state index in [2.05, 4.69) is 5.32 Å². The number of hydrogen-bond donors (Lipinski definition) is 2. The van der Waals surface area contributed by atoms with Crippen molar-refractivity contribution < 1.29 is 31.9 Å². The summed E-state index contributed by atoms with van der Waals surface area (Å²) < 4.78 is 54.4. The van der Waals surface area contributed by atoms with Crippen LogP contribution in [0.15, 0.2) is 60.8 Å². The maximum Gasteiger partial charge on any atom is 0.471 e. The van der Waals surface area contributed by atoms with Crippen molar-refractivity contribution in [1.29, 1.82) is 0 Å². The Labute approximate surface area is 260 Å². The molecule has 2 N–H and O–H groups in total. The highest BCUT2D eigenvalue weighted by atomic mass is 35.5. The first-order valence-electron chi connectivity index (χ1n) is 14.7. The van der Waals surface area contributed by atoms with Gasteiger partial charge in [-0.15, -0.1) is 0 Å². The second-order valence-corrected chi connectivity index (χ2v) is 12.6. The Balaban J connectivity index is 1.27. The van der Waals surface area contributed by atoms with E-state index in [-0.39, 0.29) is 40.9 Å². The van der Waals surface area contributed by atoms with E-state index in [1.165, 1.54) is 6.08 Å². The van der Waals surface area contributed by atoms with E-state index >= 15 is 4.39 Å². The van der Waals surface area contributed by atoms with Crippen LogP contribution in [0.1, 0.15) is 49.8 Å². The second kappa shape index (κ2) is 10.4. The molecule has 4 aliphatic rings. The lowest BCUT2D eigenvalue weighted by Gasteiger charge is -2.36. The molecule has 1 spiro atoms. The minimum Gasteiger partial charge on any atom is -0.327 e. The second-order valence-electron chi connectivity index (χ2n) is 12.2. The molecule has 2 unspecified atom stereocenters. The van der Waals surface area contributed by atoms with E-state index in [4.69, 9.17) is 16.6 Å². The topological polar surface area (TPSA) is 91.4 Å². The maximum atomic E-state index is 15.3. The van der Waals surface area contributed by atoms with E-state index in [1.807, 2.05) is 36.4 Å². The van der Waals surface area contributed by atoms with Crippen LogP contribution in [-0.4, -0.2) is 40.3 Å². The van der Waals surface area contributed by atoms with Crippen molar-refractivity contribution in [3.8, 4) is 11.1 Å². The number of para-hydroxylation sites is 1. The Morgan fingerprint density at radius 3 is 2.60 bits per heavy atom. The highest BCUT2D eigenvalue weighted by Gasteiger charge is 2.63. The zero-order chi connectivity index (χ0) is 31.7. The van der Waals surface area contributed by atoms with Crippen LogP contribution in [0.3, 0.4) is 0 Å². The molecule has 2 aromatic carbocycles. The van der Waals surface area contributed by atoms with Crippen molar-refractivity contribution in [2.24, 2.45) is 11.3 Å². The number of benzene rings is 2. The Hall–Kier alpha value is -4.25. The van der Waals surface area contributed by atoms with Gasteiger partial charge in [0.1, 0.15) is 0 Å². The third-order valence-corrected chi connectivity index (χ3v) is 9.93. The predicted molar refractivity (Wildman–Crippen MR) is 159 cm³/mol. The number of alkyl halides is 3. The summed E-state index contributed by atoms with van der Waals surface area (Å²) in [5, 5.41) is 4.50. The fraction of sp³-hybridized carbons (Fsp3) is 0.333. The van der Waals surface area contributed by atoms with Crippen LogP contribution in [0.5, 0.6) is 0 Å². The van der Waals surface area contributed by atoms with Gasteiger partial charge < -0.3 is 15.5 Å². The van der Waals surface area contributed by atoms with Gasteiger partial charge >= 0.3 is 12.1 Å². The zero-order valence-corrected chi connectivity index (χ0v) is 24.6. The fourth-order valence-electron chi connectivity index (χ4n) is 6.96. The molecule has 3 heterocycles. The monoisotopic (exact) mass is 638 g/mol. The lowest BCUT2D eigenvalue weighted by Crippen LogP contribution is -2.44. The number of halogens is 5. The summed E-state index contributed by atoms with van der Waals surface area (Å²) in [6.07, 6.45) is 1.34. The molecule has 45 heavy (non-hydrogen) atoms. The molecule has 1 aromatic heterocycles. The van der Waals surface area contributed by atoms with Gasteiger partial charge in [0.15, 0.2) is 5.82 Å². The molecule has 2 bridgehead atoms. The van der Waals surface area contributed by atoms with Crippen LogP contribution in [0, 0.1) is 17.2 Å². The van der Waals surface area contributed by atoms with Crippen molar-refractivity contribution in [3.63, 3.8) is 0 Å². The lowest BCUT2D eigenvalue weighted by molar-refractivity contribution is -0.167. The van der Waals surface area contributed by atoms with Crippen molar-refractivity contribution in [2.75, 3.05) is 17.2 Å². The minimum atomic E-state index is -5.20. The van der Waals surface area contributed by atoms with E-state index in [0.29, 0.717) is 30.6 Å². The van der Waals surface area contributed by atoms with E-state index in [0.717, 1.165) is 36.1 Å². The number of nitrogens with one attached hydrogen (secondary N) is 2. The highest BCUT2D eigenvalue weighted by molar-refractivity contribution is 6.31. The molecule has 2 saturated carbocycles. The molecule has 3 aromatic rings. The van der Waals surface area contributed by atoms with Crippen LogP contribution in [0.25, 0.3) is 16.7 Å². The molecule has 7 nitrogen and oxygen atoms in total. The number of carbonyl (C=O) groups is 3. The number of fused-ring (bicyclic) bond motifs is 6. The van der Waals surface area contributed by atoms with Crippen LogP contribution in [-0.2, 0) is 19.9 Å². The molecular formula is C33H27ClF4N4O3. The van der Waals surface area contributed by atoms with Crippen molar-refractivity contribution in [2.45, 2.75) is 50.2 Å². The van der Waals surface area contributed by atoms with Gasteiger partial charge in [-0.3, -0.25) is 19.4 Å². The molecule has 7 rings (SSSR count). The van der Waals surface area contributed by atoms with E-state index in [9.17, 15) is 27.6 Å². The Bertz CT molecular complexity index is 1800. The highest BCUT2D eigenvalue weighted by Crippen LogP contribution is 2.62. The third kappa shape index (κ3) is 4.97. The molecule has 0 saturated heterocycles. The first kappa shape index (κ1) is 29.5. The van der Waals surface area contributed by atoms with Gasteiger partial charge in [-0.2, -0.15) is 13.2 Å². The smallest absolute Gasteiger partial charge is 0.327 e. The molecule has 12 heteroatoms. The number of aromatic nitrogens is 1. The molecule has 2 aliphatic carbocycles. The summed E-state index contributed by atoms with van der Waals surface area (Å²) in [5.74, 6) is -3.74. The number of carbonyl (C=O) groups excluding carboxylic acids is 3. The zero-order valence-electron chi connectivity index (χ0n) is 23.8. The van der Waals surface area contributed by atoms with Gasteiger partial charge in [0.2, 0.25) is 11.8 Å². The minimum absolute atomic E-state index is 0.00496. The number of anilines is 2. The van der Waals surface area contributed by atoms with Crippen LogP contribution < -0.4 is 10.6 Å². The molecule has 3 amide bonds. The summed E-state index contributed by atoms with van der Waals surface area (Å²) >= 11 is 5.98. The molecule has 2 aliphatic heterocycles. The van der Waals surface area contributed by atoms with E-state index < -0.39 is 40.4 Å². The van der Waals surface area contributed by atoms with Gasteiger partial charge in [0, 0.05) is 41.0 Å². The predicted octanol–water partition coefficient (Wildman–Crippen LogP) is 7.09. The number of nitrogens with zero attached hydrogens (tertiary/aromatic N) is 2. The fourth-order valence-corrected chi connectivity index (χ4v) is 7.12. The molecule has 2 atom stereocenters. The number of rotatable bonds is 3. The average molecular weight is 639 g/mol. The molecule has 0 radical (unpaired) electrons. The summed E-state index contributed by atoms with van der Waals surface area (Å²) in [7, 11) is 0. The largest absolute Gasteiger partial charge is 0.471 e. The Morgan fingerprint density at radius 2 is 1.87 bits per heavy atom. The molecule has 2 fully saturated rings. The normalized spacial score (nSPS) is 23.5. The first-order chi connectivity index (χ1) is 21.4. The van der Waals surface area contributed by atoms with Crippen LogP contribution in [0.2, 0.25) is 5.02 Å². The number of amides is 3. The van der Waals surface area contributed by atoms with Crippen molar-refractivity contribution in [3.05, 3.63) is 82.9 Å².